The zero-order valence-corrected chi connectivity index (χ0v) is 13.0. The Kier molecular flexibility index (Phi) is 3.89. The molecule has 0 bridgehead atoms. The highest BCUT2D eigenvalue weighted by Gasteiger charge is 2.44. The summed E-state index contributed by atoms with van der Waals surface area (Å²) in [5, 5.41) is 0. The van der Waals surface area contributed by atoms with Crippen molar-refractivity contribution in [2.45, 2.75) is 39.0 Å². The third-order valence-electron chi connectivity index (χ3n) is 5.01. The van der Waals surface area contributed by atoms with Crippen LogP contribution in [0.3, 0.4) is 0 Å². The number of amides is 2. The Hall–Kier alpha value is -1.91. The molecular formula is C17H23N3O2. The number of likely N-dealkylation sites (tertiary alicyclic amines) is 1. The second-order valence-electron chi connectivity index (χ2n) is 6.75. The van der Waals surface area contributed by atoms with Crippen LogP contribution in [0.2, 0.25) is 0 Å². The molecule has 5 heteroatoms. The van der Waals surface area contributed by atoms with Gasteiger partial charge in [0, 0.05) is 18.8 Å². The summed E-state index contributed by atoms with van der Waals surface area (Å²) in [4.78, 5) is 30.5. The molecule has 1 aliphatic carbocycles. The number of carbonyl (C=O) groups is 2. The average molecular weight is 301 g/mol. The molecule has 2 aliphatic rings. The molecule has 1 aromatic rings. The normalized spacial score (nSPS) is 20.7. The Morgan fingerprint density at radius 1 is 1.32 bits per heavy atom. The molecule has 1 saturated carbocycles. The van der Waals surface area contributed by atoms with Crippen LogP contribution in [0.5, 0.6) is 0 Å². The van der Waals surface area contributed by atoms with E-state index in [1.165, 1.54) is 12.8 Å². The van der Waals surface area contributed by atoms with Crippen LogP contribution in [-0.4, -0.2) is 34.8 Å². The van der Waals surface area contributed by atoms with Crippen LogP contribution < -0.4 is 5.73 Å². The topological polar surface area (TPSA) is 76.3 Å². The van der Waals surface area contributed by atoms with Crippen molar-refractivity contribution in [3.8, 4) is 0 Å². The van der Waals surface area contributed by atoms with Gasteiger partial charge in [0.1, 0.15) is 5.69 Å². The number of aryl methyl sites for hydroxylation is 1. The minimum atomic E-state index is -0.405. The Morgan fingerprint density at radius 2 is 2.00 bits per heavy atom. The van der Waals surface area contributed by atoms with Crippen molar-refractivity contribution in [1.82, 2.24) is 9.88 Å². The zero-order chi connectivity index (χ0) is 15.7. The minimum absolute atomic E-state index is 0.0480. The number of carbonyl (C=O) groups excluding carboxylic acids is 2. The lowest BCUT2D eigenvalue weighted by Gasteiger charge is -2.39. The van der Waals surface area contributed by atoms with Gasteiger partial charge in [0.2, 0.25) is 5.91 Å². The summed E-state index contributed by atoms with van der Waals surface area (Å²) in [5.41, 5.74) is 6.59. The van der Waals surface area contributed by atoms with E-state index >= 15 is 0 Å². The maximum absolute atomic E-state index is 12.5. The smallest absolute Gasteiger partial charge is 0.272 e. The number of nitrogens with two attached hydrogens (primary N) is 1. The van der Waals surface area contributed by atoms with E-state index in [9.17, 15) is 9.59 Å². The molecule has 1 aliphatic heterocycles. The van der Waals surface area contributed by atoms with Gasteiger partial charge in [-0.3, -0.25) is 9.59 Å². The van der Waals surface area contributed by atoms with E-state index in [1.54, 1.807) is 11.0 Å². The van der Waals surface area contributed by atoms with Gasteiger partial charge in [-0.05, 0) is 44.2 Å². The minimum Gasteiger partial charge on any atom is -0.369 e. The van der Waals surface area contributed by atoms with Gasteiger partial charge in [-0.15, -0.1) is 0 Å². The monoisotopic (exact) mass is 301 g/mol. The number of hydrogen-bond acceptors (Lipinski definition) is 3. The van der Waals surface area contributed by atoms with Crippen molar-refractivity contribution in [3.63, 3.8) is 0 Å². The summed E-state index contributed by atoms with van der Waals surface area (Å²) >= 11 is 0. The summed E-state index contributed by atoms with van der Waals surface area (Å²) in [6.07, 6.45) is 4.68. The molecule has 0 atom stereocenters. The first-order valence-electron chi connectivity index (χ1n) is 8.03. The van der Waals surface area contributed by atoms with Crippen LogP contribution in [-0.2, 0) is 4.79 Å². The summed E-state index contributed by atoms with van der Waals surface area (Å²) in [5.74, 6) is 0.418. The first-order chi connectivity index (χ1) is 10.5. The van der Waals surface area contributed by atoms with E-state index in [-0.39, 0.29) is 11.8 Å². The number of pyridine rings is 1. The van der Waals surface area contributed by atoms with Crippen molar-refractivity contribution in [1.29, 1.82) is 0 Å². The van der Waals surface area contributed by atoms with E-state index in [4.69, 9.17) is 5.73 Å². The highest BCUT2D eigenvalue weighted by Crippen LogP contribution is 2.45. The quantitative estimate of drug-likeness (QED) is 0.922. The van der Waals surface area contributed by atoms with Crippen molar-refractivity contribution >= 4 is 11.8 Å². The van der Waals surface area contributed by atoms with Crippen LogP contribution >= 0.6 is 0 Å². The molecule has 0 spiro atoms. The van der Waals surface area contributed by atoms with Gasteiger partial charge in [-0.25, -0.2) is 4.98 Å². The van der Waals surface area contributed by atoms with E-state index in [1.807, 2.05) is 19.1 Å². The molecule has 2 heterocycles. The van der Waals surface area contributed by atoms with Crippen molar-refractivity contribution in [2.24, 2.45) is 17.1 Å². The van der Waals surface area contributed by atoms with E-state index in [0.717, 1.165) is 12.1 Å². The molecule has 2 fully saturated rings. The molecular weight excluding hydrogens is 278 g/mol. The summed E-state index contributed by atoms with van der Waals surface area (Å²) in [6.45, 7) is 3.05. The lowest BCUT2D eigenvalue weighted by Crippen LogP contribution is -2.49. The fourth-order valence-electron chi connectivity index (χ4n) is 3.39. The van der Waals surface area contributed by atoms with Crippen molar-refractivity contribution < 1.29 is 9.59 Å². The Morgan fingerprint density at radius 3 is 2.55 bits per heavy atom. The molecule has 1 aromatic heterocycles. The van der Waals surface area contributed by atoms with Crippen LogP contribution in [0.4, 0.5) is 0 Å². The molecule has 2 N–H and O–H groups in total. The summed E-state index contributed by atoms with van der Waals surface area (Å²) in [7, 11) is 0. The van der Waals surface area contributed by atoms with Gasteiger partial charge in [-0.1, -0.05) is 18.9 Å². The number of nitrogens with zero attached hydrogens (tertiary/aromatic N) is 2. The highest BCUT2D eigenvalue weighted by molar-refractivity contribution is 5.92. The lowest BCUT2D eigenvalue weighted by atomic mass is 9.73. The fourth-order valence-corrected chi connectivity index (χ4v) is 3.39. The molecule has 0 unspecified atom stereocenters. The van der Waals surface area contributed by atoms with Gasteiger partial charge in [0.25, 0.3) is 5.91 Å². The second kappa shape index (κ2) is 5.71. The maximum atomic E-state index is 12.5. The number of hydrogen-bond donors (Lipinski definition) is 1. The largest absolute Gasteiger partial charge is 0.369 e. The van der Waals surface area contributed by atoms with Gasteiger partial charge < -0.3 is 10.6 Å². The molecule has 118 valence electrons. The number of rotatable bonds is 4. The standard InChI is InChI=1S/C17H23N3O2/c1-12-3-2-4-14(19-12)15(21)20-9-7-17(8-10-20,16(18)22)11-13-5-6-13/h2-4,13H,5-11H2,1H3,(H2,18,22). The van der Waals surface area contributed by atoms with Crippen LogP contribution in [0.15, 0.2) is 18.2 Å². The Labute approximate surface area is 130 Å². The summed E-state index contributed by atoms with van der Waals surface area (Å²) in [6, 6.07) is 5.47. The first-order valence-corrected chi connectivity index (χ1v) is 8.03. The summed E-state index contributed by atoms with van der Waals surface area (Å²) < 4.78 is 0. The molecule has 22 heavy (non-hydrogen) atoms. The molecule has 1 saturated heterocycles. The Balaban J connectivity index is 1.67. The van der Waals surface area contributed by atoms with Gasteiger partial charge in [0.05, 0.1) is 5.41 Å². The zero-order valence-electron chi connectivity index (χ0n) is 13.0. The average Bonchev–Trinajstić information content (AvgIpc) is 3.31. The Bertz CT molecular complexity index is 587. The highest BCUT2D eigenvalue weighted by atomic mass is 16.2. The van der Waals surface area contributed by atoms with E-state index in [2.05, 4.69) is 4.98 Å². The lowest BCUT2D eigenvalue weighted by molar-refractivity contribution is -0.131. The molecule has 0 aromatic carbocycles. The van der Waals surface area contributed by atoms with Gasteiger partial charge in [-0.2, -0.15) is 0 Å². The van der Waals surface area contributed by atoms with Crippen LogP contribution in [0, 0.1) is 18.3 Å². The molecule has 3 rings (SSSR count). The fraction of sp³-hybridized carbons (Fsp3) is 0.588. The predicted molar refractivity (Wildman–Crippen MR) is 83.1 cm³/mol. The third kappa shape index (κ3) is 2.98. The third-order valence-corrected chi connectivity index (χ3v) is 5.01. The van der Waals surface area contributed by atoms with Crippen LogP contribution in [0.1, 0.15) is 48.3 Å². The van der Waals surface area contributed by atoms with Gasteiger partial charge in [0.15, 0.2) is 0 Å². The van der Waals surface area contributed by atoms with Crippen molar-refractivity contribution in [3.05, 3.63) is 29.6 Å². The predicted octanol–water partition coefficient (Wildman–Crippen LogP) is 1.90. The van der Waals surface area contributed by atoms with E-state index in [0.29, 0.717) is 37.5 Å². The van der Waals surface area contributed by atoms with Gasteiger partial charge >= 0.3 is 0 Å². The maximum Gasteiger partial charge on any atom is 0.272 e. The second-order valence-corrected chi connectivity index (χ2v) is 6.75. The number of piperidine rings is 1. The molecule has 0 radical (unpaired) electrons. The number of aromatic nitrogens is 1. The number of primary amides is 1. The van der Waals surface area contributed by atoms with Crippen LogP contribution in [0.25, 0.3) is 0 Å². The SMILES string of the molecule is Cc1cccc(C(=O)N2CCC(CC3CC3)(C(N)=O)CC2)n1. The van der Waals surface area contributed by atoms with E-state index < -0.39 is 5.41 Å². The molecule has 2 amide bonds. The van der Waals surface area contributed by atoms with Crippen molar-refractivity contribution in [2.75, 3.05) is 13.1 Å². The molecule has 5 nitrogen and oxygen atoms in total. The first kappa shape index (κ1) is 15.0.